The number of halogens is 2. The van der Waals surface area contributed by atoms with Crippen LogP contribution in [0.4, 0.5) is 11.4 Å². The second-order valence-electron chi connectivity index (χ2n) is 6.19. The van der Waals surface area contributed by atoms with Gasteiger partial charge in [-0.3, -0.25) is 4.79 Å². The van der Waals surface area contributed by atoms with Gasteiger partial charge in [0, 0.05) is 21.4 Å². The molecular weight excluding hydrogens is 379 g/mol. The molecule has 3 aromatic rings. The Balaban J connectivity index is 1.85. The van der Waals surface area contributed by atoms with Crippen molar-refractivity contribution in [1.29, 1.82) is 0 Å². The van der Waals surface area contributed by atoms with E-state index in [0.29, 0.717) is 15.7 Å². The van der Waals surface area contributed by atoms with E-state index in [9.17, 15) is 4.79 Å². The van der Waals surface area contributed by atoms with Gasteiger partial charge in [0.05, 0.1) is 0 Å². The number of carbonyl (C=O) groups excluding carboxylic acids is 1. The first kappa shape index (κ1) is 19.3. The molecule has 3 aromatic carbocycles. The van der Waals surface area contributed by atoms with Gasteiger partial charge in [0.1, 0.15) is 6.04 Å². The van der Waals surface area contributed by atoms with Crippen molar-refractivity contribution in [2.75, 3.05) is 10.6 Å². The van der Waals surface area contributed by atoms with Crippen molar-refractivity contribution in [1.82, 2.24) is 0 Å². The number of hydrogen-bond acceptors (Lipinski definition) is 2. The lowest BCUT2D eigenvalue weighted by atomic mass is 10.0. The number of hydrogen-bond donors (Lipinski definition) is 2. The van der Waals surface area contributed by atoms with Crippen LogP contribution in [0.15, 0.2) is 72.8 Å². The number of aryl methyl sites for hydroxylation is 1. The topological polar surface area (TPSA) is 41.1 Å². The van der Waals surface area contributed by atoms with Gasteiger partial charge < -0.3 is 10.6 Å². The molecular formula is C22H20Cl2N2O. The Labute approximate surface area is 169 Å². The molecule has 2 N–H and O–H groups in total. The van der Waals surface area contributed by atoms with Crippen LogP contribution in [-0.4, -0.2) is 5.91 Å². The van der Waals surface area contributed by atoms with E-state index in [2.05, 4.69) is 29.7 Å². The Morgan fingerprint density at radius 3 is 2.11 bits per heavy atom. The molecule has 0 heterocycles. The van der Waals surface area contributed by atoms with Crippen molar-refractivity contribution < 1.29 is 4.79 Å². The molecule has 3 nitrogen and oxygen atoms in total. The Morgan fingerprint density at radius 2 is 1.52 bits per heavy atom. The van der Waals surface area contributed by atoms with E-state index in [1.165, 1.54) is 5.56 Å². The average molecular weight is 399 g/mol. The van der Waals surface area contributed by atoms with Crippen molar-refractivity contribution in [2.45, 2.75) is 19.4 Å². The summed E-state index contributed by atoms with van der Waals surface area (Å²) in [4.78, 5) is 13.0. The van der Waals surface area contributed by atoms with Crippen molar-refractivity contribution >= 4 is 40.5 Å². The molecule has 0 fully saturated rings. The minimum absolute atomic E-state index is 0.195. The predicted molar refractivity (Wildman–Crippen MR) is 114 cm³/mol. The van der Waals surface area contributed by atoms with E-state index in [1.807, 2.05) is 42.5 Å². The molecule has 5 heteroatoms. The average Bonchev–Trinajstić information content (AvgIpc) is 2.66. The third-order valence-electron chi connectivity index (χ3n) is 4.20. The van der Waals surface area contributed by atoms with Crippen LogP contribution in [0.25, 0.3) is 0 Å². The largest absolute Gasteiger partial charge is 0.370 e. The molecule has 0 aliphatic carbocycles. The fourth-order valence-corrected chi connectivity index (χ4v) is 3.32. The molecule has 0 spiro atoms. The molecule has 3 rings (SSSR count). The number of anilines is 2. The second-order valence-corrected chi connectivity index (χ2v) is 7.06. The maximum atomic E-state index is 13.0. The highest BCUT2D eigenvalue weighted by Gasteiger charge is 2.21. The molecule has 27 heavy (non-hydrogen) atoms. The van der Waals surface area contributed by atoms with Crippen LogP contribution in [0, 0.1) is 0 Å². The van der Waals surface area contributed by atoms with E-state index < -0.39 is 6.04 Å². The summed E-state index contributed by atoms with van der Waals surface area (Å²) in [7, 11) is 0. The highest BCUT2D eigenvalue weighted by molar-refractivity contribution is 6.35. The lowest BCUT2D eigenvalue weighted by Crippen LogP contribution is -2.27. The zero-order valence-corrected chi connectivity index (χ0v) is 16.4. The SMILES string of the molecule is CCc1ccc(N[C@@H](C(=O)Nc2cc(Cl)cc(Cl)c2)c2ccccc2)cc1. The van der Waals surface area contributed by atoms with Gasteiger partial charge >= 0.3 is 0 Å². The monoisotopic (exact) mass is 398 g/mol. The molecule has 0 aliphatic heterocycles. The zero-order valence-electron chi connectivity index (χ0n) is 14.9. The van der Waals surface area contributed by atoms with Crippen LogP contribution in [0.5, 0.6) is 0 Å². The fourth-order valence-electron chi connectivity index (χ4n) is 2.79. The minimum atomic E-state index is -0.559. The van der Waals surface area contributed by atoms with Gasteiger partial charge in [-0.1, -0.05) is 72.6 Å². The normalized spacial score (nSPS) is 11.7. The molecule has 0 saturated carbocycles. The Morgan fingerprint density at radius 1 is 0.889 bits per heavy atom. The number of nitrogens with one attached hydrogen (secondary N) is 2. The first-order valence-corrected chi connectivity index (χ1v) is 9.48. The van der Waals surface area contributed by atoms with Crippen LogP contribution in [0.3, 0.4) is 0 Å². The van der Waals surface area contributed by atoms with Crippen LogP contribution in [0.1, 0.15) is 24.1 Å². The summed E-state index contributed by atoms with van der Waals surface area (Å²) in [5.74, 6) is -0.195. The Hall–Kier alpha value is -2.49. The van der Waals surface area contributed by atoms with Gasteiger partial charge in [-0.15, -0.1) is 0 Å². The maximum Gasteiger partial charge on any atom is 0.251 e. The summed E-state index contributed by atoms with van der Waals surface area (Å²) in [6.07, 6.45) is 0.971. The molecule has 0 unspecified atom stereocenters. The lowest BCUT2D eigenvalue weighted by Gasteiger charge is -2.20. The van der Waals surface area contributed by atoms with E-state index >= 15 is 0 Å². The molecule has 0 aliphatic rings. The summed E-state index contributed by atoms with van der Waals surface area (Å²) in [6, 6.07) is 22.1. The van der Waals surface area contributed by atoms with Gasteiger partial charge in [0.2, 0.25) is 0 Å². The van der Waals surface area contributed by atoms with E-state index in [-0.39, 0.29) is 5.91 Å². The van der Waals surface area contributed by atoms with E-state index in [1.54, 1.807) is 18.2 Å². The highest BCUT2D eigenvalue weighted by atomic mass is 35.5. The number of carbonyl (C=O) groups is 1. The van der Waals surface area contributed by atoms with Gasteiger partial charge in [-0.2, -0.15) is 0 Å². The maximum absolute atomic E-state index is 13.0. The van der Waals surface area contributed by atoms with E-state index in [0.717, 1.165) is 17.7 Å². The molecule has 138 valence electrons. The van der Waals surface area contributed by atoms with Crippen LogP contribution in [0.2, 0.25) is 10.0 Å². The third kappa shape index (κ3) is 5.25. The van der Waals surface area contributed by atoms with Gasteiger partial charge in [0.15, 0.2) is 0 Å². The van der Waals surface area contributed by atoms with Crippen molar-refractivity contribution in [3.8, 4) is 0 Å². The van der Waals surface area contributed by atoms with Crippen molar-refractivity contribution in [3.05, 3.63) is 94.0 Å². The molecule has 0 radical (unpaired) electrons. The summed E-state index contributed by atoms with van der Waals surface area (Å²) >= 11 is 12.1. The summed E-state index contributed by atoms with van der Waals surface area (Å²) < 4.78 is 0. The van der Waals surface area contributed by atoms with Gasteiger partial charge in [-0.25, -0.2) is 0 Å². The third-order valence-corrected chi connectivity index (χ3v) is 4.63. The van der Waals surface area contributed by atoms with Gasteiger partial charge in [0.25, 0.3) is 5.91 Å². The summed E-state index contributed by atoms with van der Waals surface area (Å²) in [6.45, 7) is 2.11. The standard InChI is InChI=1S/C22H20Cl2N2O/c1-2-15-8-10-19(11-9-15)25-21(16-6-4-3-5-7-16)22(27)26-20-13-17(23)12-18(24)14-20/h3-14,21,25H,2H2,1H3,(H,26,27)/t21-/m1/s1. The molecule has 0 aromatic heterocycles. The Kier molecular flexibility index (Phi) is 6.38. The van der Waals surface area contributed by atoms with Crippen molar-refractivity contribution in [3.63, 3.8) is 0 Å². The lowest BCUT2D eigenvalue weighted by molar-refractivity contribution is -0.117. The molecule has 0 saturated heterocycles. The quantitative estimate of drug-likeness (QED) is 0.507. The first-order valence-electron chi connectivity index (χ1n) is 8.72. The fraction of sp³-hybridized carbons (Fsp3) is 0.136. The van der Waals surface area contributed by atoms with E-state index in [4.69, 9.17) is 23.2 Å². The molecule has 1 atom stereocenters. The Bertz CT molecular complexity index is 891. The summed E-state index contributed by atoms with van der Waals surface area (Å²) in [5, 5.41) is 7.15. The van der Waals surface area contributed by atoms with Crippen LogP contribution in [-0.2, 0) is 11.2 Å². The summed E-state index contributed by atoms with van der Waals surface area (Å²) in [5.41, 5.74) is 3.54. The number of benzene rings is 3. The first-order chi connectivity index (χ1) is 13.0. The minimum Gasteiger partial charge on any atom is -0.370 e. The van der Waals surface area contributed by atoms with Crippen molar-refractivity contribution in [2.24, 2.45) is 0 Å². The number of amides is 1. The molecule has 0 bridgehead atoms. The van der Waals surface area contributed by atoms with Crippen LogP contribution < -0.4 is 10.6 Å². The number of rotatable bonds is 6. The smallest absolute Gasteiger partial charge is 0.251 e. The molecule has 1 amide bonds. The highest BCUT2D eigenvalue weighted by Crippen LogP contribution is 2.25. The zero-order chi connectivity index (χ0) is 19.2. The second kappa shape index (κ2) is 8.94. The predicted octanol–water partition coefficient (Wildman–Crippen LogP) is 6.35. The van der Waals surface area contributed by atoms with Gasteiger partial charge in [-0.05, 0) is 47.9 Å². The van der Waals surface area contributed by atoms with Crippen LogP contribution >= 0.6 is 23.2 Å².